The molecular weight excluding hydrogens is 270 g/mol. The third-order valence-electron chi connectivity index (χ3n) is 4.02. The van der Waals surface area contributed by atoms with Gasteiger partial charge in [0, 0.05) is 18.8 Å². The Balaban J connectivity index is 2.21. The highest BCUT2D eigenvalue weighted by molar-refractivity contribution is 5.93. The maximum absolute atomic E-state index is 12.5. The van der Waals surface area contributed by atoms with Crippen LogP contribution in [0.5, 0.6) is 0 Å². The number of carboxylic acid groups (broad SMARTS) is 1. The van der Waals surface area contributed by atoms with Gasteiger partial charge in [-0.3, -0.25) is 14.3 Å². The summed E-state index contributed by atoms with van der Waals surface area (Å²) < 4.78 is 1.83. The molecule has 0 saturated carbocycles. The summed E-state index contributed by atoms with van der Waals surface area (Å²) >= 11 is 0. The van der Waals surface area contributed by atoms with Gasteiger partial charge in [0.25, 0.3) is 5.91 Å². The number of aliphatic carboxylic acids is 1. The number of carbonyl (C=O) groups excluding carboxylic acids is 1. The number of amides is 1. The third kappa shape index (κ3) is 2.80. The minimum Gasteiger partial charge on any atom is -0.481 e. The van der Waals surface area contributed by atoms with E-state index in [2.05, 4.69) is 5.10 Å². The van der Waals surface area contributed by atoms with E-state index in [0.717, 1.165) is 5.69 Å². The van der Waals surface area contributed by atoms with E-state index in [1.165, 1.54) is 0 Å². The van der Waals surface area contributed by atoms with E-state index in [1.54, 1.807) is 17.9 Å². The number of likely N-dealkylation sites (tertiary alicyclic amines) is 1. The normalized spacial score (nSPS) is 22.6. The second-order valence-electron chi connectivity index (χ2n) is 7.10. The van der Waals surface area contributed by atoms with Crippen LogP contribution >= 0.6 is 0 Å². The Bertz CT molecular complexity index is 585. The van der Waals surface area contributed by atoms with Gasteiger partial charge in [-0.05, 0) is 47.1 Å². The maximum Gasteiger partial charge on any atom is 0.311 e. The van der Waals surface area contributed by atoms with Gasteiger partial charge in [-0.15, -0.1) is 0 Å². The minimum absolute atomic E-state index is 0.189. The molecule has 6 heteroatoms. The standard InChI is InChI=1S/C15H23N3O3/c1-10-8-11(16-18(10)14(2,3)4)12(19)17-7-6-15(5,9-17)13(20)21/h8H,6-7,9H2,1-5H3,(H,20,21). The molecular formula is C15H23N3O3. The lowest BCUT2D eigenvalue weighted by Gasteiger charge is -2.21. The fraction of sp³-hybridized carbons (Fsp3) is 0.667. The van der Waals surface area contributed by atoms with E-state index in [0.29, 0.717) is 18.7 Å². The van der Waals surface area contributed by atoms with Crippen LogP contribution < -0.4 is 0 Å². The van der Waals surface area contributed by atoms with Crippen LogP contribution in [-0.2, 0) is 10.3 Å². The number of nitrogens with zero attached hydrogens (tertiary/aromatic N) is 3. The number of carboxylic acids is 1. The van der Waals surface area contributed by atoms with Crippen molar-refractivity contribution in [3.63, 3.8) is 0 Å². The fourth-order valence-electron chi connectivity index (χ4n) is 2.73. The zero-order valence-corrected chi connectivity index (χ0v) is 13.3. The van der Waals surface area contributed by atoms with Crippen LogP contribution in [-0.4, -0.2) is 44.8 Å². The monoisotopic (exact) mass is 293 g/mol. The molecule has 2 heterocycles. The van der Waals surface area contributed by atoms with Gasteiger partial charge < -0.3 is 10.0 Å². The van der Waals surface area contributed by atoms with Gasteiger partial charge in [-0.25, -0.2) is 0 Å². The predicted molar refractivity (Wildman–Crippen MR) is 78.2 cm³/mol. The van der Waals surface area contributed by atoms with Crippen molar-refractivity contribution >= 4 is 11.9 Å². The molecule has 1 amide bonds. The second-order valence-corrected chi connectivity index (χ2v) is 7.10. The molecule has 116 valence electrons. The van der Waals surface area contributed by atoms with Crippen LogP contribution in [0.4, 0.5) is 0 Å². The van der Waals surface area contributed by atoms with E-state index >= 15 is 0 Å². The van der Waals surface area contributed by atoms with Crippen molar-refractivity contribution in [1.82, 2.24) is 14.7 Å². The number of hydrogen-bond acceptors (Lipinski definition) is 3. The highest BCUT2D eigenvalue weighted by atomic mass is 16.4. The van der Waals surface area contributed by atoms with E-state index < -0.39 is 11.4 Å². The van der Waals surface area contributed by atoms with Crippen molar-refractivity contribution in [3.8, 4) is 0 Å². The first kappa shape index (κ1) is 15.5. The van der Waals surface area contributed by atoms with Gasteiger partial charge in [0.1, 0.15) is 0 Å². The van der Waals surface area contributed by atoms with Crippen LogP contribution in [0.3, 0.4) is 0 Å². The molecule has 0 spiro atoms. The van der Waals surface area contributed by atoms with Crippen LogP contribution in [0.2, 0.25) is 0 Å². The zero-order chi connectivity index (χ0) is 16.0. The summed E-state index contributed by atoms with van der Waals surface area (Å²) in [6.07, 6.45) is 0.479. The molecule has 0 bridgehead atoms. The van der Waals surface area contributed by atoms with Crippen molar-refractivity contribution in [2.45, 2.75) is 46.6 Å². The summed E-state index contributed by atoms with van der Waals surface area (Å²) in [5, 5.41) is 13.6. The average Bonchev–Trinajstić information content (AvgIpc) is 2.92. The van der Waals surface area contributed by atoms with Gasteiger partial charge in [-0.1, -0.05) is 0 Å². The Labute approximate surface area is 124 Å². The summed E-state index contributed by atoms with van der Waals surface area (Å²) in [4.78, 5) is 25.4. The zero-order valence-electron chi connectivity index (χ0n) is 13.3. The Kier molecular flexibility index (Phi) is 3.59. The quantitative estimate of drug-likeness (QED) is 0.903. The number of hydrogen-bond donors (Lipinski definition) is 1. The molecule has 0 aromatic carbocycles. The molecule has 1 fully saturated rings. The summed E-state index contributed by atoms with van der Waals surface area (Å²) in [6, 6.07) is 1.77. The van der Waals surface area contributed by atoms with Gasteiger partial charge in [0.2, 0.25) is 0 Å². The molecule has 6 nitrogen and oxygen atoms in total. The minimum atomic E-state index is -0.853. The van der Waals surface area contributed by atoms with Crippen molar-refractivity contribution in [2.24, 2.45) is 5.41 Å². The van der Waals surface area contributed by atoms with E-state index in [4.69, 9.17) is 0 Å². The first-order valence-corrected chi connectivity index (χ1v) is 7.14. The van der Waals surface area contributed by atoms with E-state index in [-0.39, 0.29) is 18.0 Å². The van der Waals surface area contributed by atoms with Crippen LogP contribution in [0.15, 0.2) is 6.07 Å². The number of aromatic nitrogens is 2. The largest absolute Gasteiger partial charge is 0.481 e. The lowest BCUT2D eigenvalue weighted by molar-refractivity contribution is -0.147. The topological polar surface area (TPSA) is 75.4 Å². The van der Waals surface area contributed by atoms with E-state index in [1.807, 2.05) is 32.4 Å². The molecule has 1 unspecified atom stereocenters. The molecule has 1 N–H and O–H groups in total. The lowest BCUT2D eigenvalue weighted by atomic mass is 9.90. The van der Waals surface area contributed by atoms with Gasteiger partial charge in [0.15, 0.2) is 5.69 Å². The van der Waals surface area contributed by atoms with Crippen LogP contribution in [0, 0.1) is 12.3 Å². The van der Waals surface area contributed by atoms with Gasteiger partial charge >= 0.3 is 5.97 Å². The molecule has 0 radical (unpaired) electrons. The van der Waals surface area contributed by atoms with Crippen molar-refractivity contribution in [3.05, 3.63) is 17.5 Å². The molecule has 1 aliphatic heterocycles. The number of carbonyl (C=O) groups is 2. The van der Waals surface area contributed by atoms with Crippen LogP contribution in [0.25, 0.3) is 0 Å². The molecule has 21 heavy (non-hydrogen) atoms. The van der Waals surface area contributed by atoms with Gasteiger partial charge in [-0.2, -0.15) is 5.10 Å². The van der Waals surface area contributed by atoms with Gasteiger partial charge in [0.05, 0.1) is 11.0 Å². The summed E-state index contributed by atoms with van der Waals surface area (Å²) in [5.41, 5.74) is 0.267. The first-order valence-electron chi connectivity index (χ1n) is 7.14. The van der Waals surface area contributed by atoms with E-state index in [9.17, 15) is 14.7 Å². The highest BCUT2D eigenvalue weighted by Crippen LogP contribution is 2.31. The number of aryl methyl sites for hydroxylation is 1. The molecule has 1 aromatic heterocycles. The van der Waals surface area contributed by atoms with Crippen LogP contribution in [0.1, 0.15) is 50.3 Å². The smallest absolute Gasteiger partial charge is 0.311 e. The Morgan fingerprint density at radius 2 is 2.00 bits per heavy atom. The molecule has 0 aliphatic carbocycles. The summed E-state index contributed by atoms with van der Waals surface area (Å²) in [6.45, 7) is 10.4. The third-order valence-corrected chi connectivity index (χ3v) is 4.02. The van der Waals surface area contributed by atoms with Crippen molar-refractivity contribution in [1.29, 1.82) is 0 Å². The summed E-state index contributed by atoms with van der Waals surface area (Å²) in [5.74, 6) is -1.04. The first-order chi connectivity index (χ1) is 9.54. The SMILES string of the molecule is Cc1cc(C(=O)N2CCC(C)(C(=O)O)C2)nn1C(C)(C)C. The molecule has 2 rings (SSSR count). The molecule has 1 aromatic rings. The maximum atomic E-state index is 12.5. The predicted octanol–water partition coefficient (Wildman–Crippen LogP) is 1.88. The average molecular weight is 293 g/mol. The second kappa shape index (κ2) is 4.86. The fourth-order valence-corrected chi connectivity index (χ4v) is 2.73. The van der Waals surface area contributed by atoms with Crippen molar-refractivity contribution < 1.29 is 14.7 Å². The molecule has 1 aliphatic rings. The Morgan fingerprint density at radius 3 is 2.43 bits per heavy atom. The summed E-state index contributed by atoms with van der Waals surface area (Å²) in [7, 11) is 0. The lowest BCUT2D eigenvalue weighted by Crippen LogP contribution is -2.35. The Hall–Kier alpha value is -1.85. The van der Waals surface area contributed by atoms with Crippen molar-refractivity contribution in [2.75, 3.05) is 13.1 Å². The highest BCUT2D eigenvalue weighted by Gasteiger charge is 2.42. The number of rotatable bonds is 2. The molecule has 1 atom stereocenters. The Morgan fingerprint density at radius 1 is 1.38 bits per heavy atom. The molecule has 1 saturated heterocycles.